The van der Waals surface area contributed by atoms with Gasteiger partial charge in [-0.3, -0.25) is 4.90 Å². The van der Waals surface area contributed by atoms with Gasteiger partial charge in [0.15, 0.2) is 0 Å². The summed E-state index contributed by atoms with van der Waals surface area (Å²) in [5.41, 5.74) is 2.68. The van der Waals surface area contributed by atoms with E-state index < -0.39 is 0 Å². The number of nitrogens with zero attached hydrogens (tertiary/aromatic N) is 2. The molecular formula is C16H24N2. The van der Waals surface area contributed by atoms with Crippen molar-refractivity contribution in [2.24, 2.45) is 0 Å². The molecule has 0 atom stereocenters. The highest BCUT2D eigenvalue weighted by Crippen LogP contribution is 2.09. The molecule has 1 rings (SSSR count). The molecule has 98 valence electrons. The summed E-state index contributed by atoms with van der Waals surface area (Å²) in [4.78, 5) is 4.48. The Kier molecular flexibility index (Phi) is 6.40. The van der Waals surface area contributed by atoms with E-state index in [2.05, 4.69) is 61.3 Å². The van der Waals surface area contributed by atoms with Crippen molar-refractivity contribution in [3.05, 3.63) is 60.7 Å². The van der Waals surface area contributed by atoms with Crippen LogP contribution in [0, 0.1) is 0 Å². The van der Waals surface area contributed by atoms with Crippen LogP contribution in [0.5, 0.6) is 0 Å². The maximum absolute atomic E-state index is 3.79. The Hall–Kier alpha value is -1.38. The quantitative estimate of drug-likeness (QED) is 0.649. The van der Waals surface area contributed by atoms with Gasteiger partial charge in [0.05, 0.1) is 0 Å². The normalized spacial score (nSPS) is 10.9. The summed E-state index contributed by atoms with van der Waals surface area (Å²) < 4.78 is 0. The van der Waals surface area contributed by atoms with E-state index in [1.165, 1.54) is 11.1 Å². The maximum atomic E-state index is 3.79. The lowest BCUT2D eigenvalue weighted by atomic mass is 10.1. The second-order valence-corrected chi connectivity index (χ2v) is 4.83. The van der Waals surface area contributed by atoms with E-state index in [-0.39, 0.29) is 0 Å². The van der Waals surface area contributed by atoms with Gasteiger partial charge < -0.3 is 4.90 Å². The summed E-state index contributed by atoms with van der Waals surface area (Å²) in [6, 6.07) is 8.82. The Morgan fingerprint density at radius 1 is 0.889 bits per heavy atom. The Bertz CT molecular complexity index is 355. The molecule has 0 fully saturated rings. The molecule has 0 aliphatic heterocycles. The summed E-state index contributed by atoms with van der Waals surface area (Å²) in [6.45, 7) is 11.3. The molecular weight excluding hydrogens is 220 g/mol. The van der Waals surface area contributed by atoms with Crippen LogP contribution in [0.25, 0.3) is 0 Å². The molecule has 0 saturated heterocycles. The van der Waals surface area contributed by atoms with Gasteiger partial charge in [-0.1, -0.05) is 36.4 Å². The highest BCUT2D eigenvalue weighted by molar-refractivity contribution is 5.22. The van der Waals surface area contributed by atoms with Gasteiger partial charge in [0.1, 0.15) is 0 Å². The van der Waals surface area contributed by atoms with E-state index >= 15 is 0 Å². The van der Waals surface area contributed by atoms with Gasteiger partial charge in [-0.25, -0.2) is 0 Å². The Morgan fingerprint density at radius 3 is 1.72 bits per heavy atom. The molecule has 0 aliphatic rings. The molecule has 2 nitrogen and oxygen atoms in total. The molecule has 0 aromatic heterocycles. The van der Waals surface area contributed by atoms with Crippen molar-refractivity contribution in [2.45, 2.75) is 13.1 Å². The van der Waals surface area contributed by atoms with Crippen molar-refractivity contribution < 1.29 is 0 Å². The van der Waals surface area contributed by atoms with Crippen LogP contribution in [0.4, 0.5) is 0 Å². The zero-order chi connectivity index (χ0) is 13.4. The maximum Gasteiger partial charge on any atom is 0.0240 e. The zero-order valence-corrected chi connectivity index (χ0v) is 11.6. The molecule has 0 N–H and O–H groups in total. The predicted molar refractivity (Wildman–Crippen MR) is 79.5 cm³/mol. The van der Waals surface area contributed by atoms with Crippen LogP contribution < -0.4 is 0 Å². The third kappa shape index (κ3) is 5.30. The van der Waals surface area contributed by atoms with Crippen molar-refractivity contribution in [1.29, 1.82) is 0 Å². The smallest absolute Gasteiger partial charge is 0.0240 e. The summed E-state index contributed by atoms with van der Waals surface area (Å²) in [6.07, 6.45) is 3.87. The van der Waals surface area contributed by atoms with E-state index in [4.69, 9.17) is 0 Å². The van der Waals surface area contributed by atoms with Crippen LogP contribution in [-0.2, 0) is 13.1 Å². The summed E-state index contributed by atoms with van der Waals surface area (Å²) in [5, 5.41) is 0. The van der Waals surface area contributed by atoms with Crippen LogP contribution in [0.3, 0.4) is 0 Å². The number of benzene rings is 1. The minimum atomic E-state index is 0.894. The molecule has 1 aromatic rings. The average molecular weight is 244 g/mol. The van der Waals surface area contributed by atoms with Gasteiger partial charge in [0.25, 0.3) is 0 Å². The van der Waals surface area contributed by atoms with Crippen molar-refractivity contribution in [1.82, 2.24) is 9.80 Å². The zero-order valence-electron chi connectivity index (χ0n) is 11.6. The van der Waals surface area contributed by atoms with Gasteiger partial charge in [0, 0.05) is 26.2 Å². The molecule has 0 amide bonds. The third-order valence-electron chi connectivity index (χ3n) is 2.70. The molecule has 2 heteroatoms. The molecule has 0 unspecified atom stereocenters. The van der Waals surface area contributed by atoms with E-state index in [0.717, 1.165) is 26.2 Å². The average Bonchev–Trinajstić information content (AvgIpc) is 2.31. The van der Waals surface area contributed by atoms with Crippen molar-refractivity contribution in [3.63, 3.8) is 0 Å². The first kappa shape index (κ1) is 14.7. The fraction of sp³-hybridized carbons (Fsp3) is 0.375. The van der Waals surface area contributed by atoms with E-state index in [1.54, 1.807) is 0 Å². The van der Waals surface area contributed by atoms with E-state index in [0.29, 0.717) is 0 Å². The highest BCUT2D eigenvalue weighted by atomic mass is 15.1. The first-order valence-corrected chi connectivity index (χ1v) is 6.32. The molecule has 0 heterocycles. The van der Waals surface area contributed by atoms with Gasteiger partial charge in [-0.2, -0.15) is 0 Å². The fourth-order valence-corrected chi connectivity index (χ4v) is 1.94. The lowest BCUT2D eigenvalue weighted by Crippen LogP contribution is -2.23. The fourth-order valence-electron chi connectivity index (χ4n) is 1.94. The molecule has 0 bridgehead atoms. The lowest BCUT2D eigenvalue weighted by Gasteiger charge is -2.19. The number of rotatable bonds is 8. The standard InChI is InChI=1S/C16H24N2/c1-5-11-18(12-6-2)14-16-9-7-15(8-10-16)13-17(3)4/h5-10H,1-2,11-14H2,3-4H3. The van der Waals surface area contributed by atoms with Gasteiger partial charge in [0.2, 0.25) is 0 Å². The van der Waals surface area contributed by atoms with Gasteiger partial charge >= 0.3 is 0 Å². The van der Waals surface area contributed by atoms with Crippen molar-refractivity contribution in [3.8, 4) is 0 Å². The van der Waals surface area contributed by atoms with Crippen LogP contribution in [-0.4, -0.2) is 37.0 Å². The van der Waals surface area contributed by atoms with Crippen LogP contribution >= 0.6 is 0 Å². The number of hydrogen-bond donors (Lipinski definition) is 0. The van der Waals surface area contributed by atoms with Gasteiger partial charge in [-0.05, 0) is 25.2 Å². The Labute approximate surface area is 111 Å². The molecule has 0 aliphatic carbocycles. The predicted octanol–water partition coefficient (Wildman–Crippen LogP) is 2.92. The first-order valence-electron chi connectivity index (χ1n) is 6.32. The molecule has 0 spiro atoms. The summed E-state index contributed by atoms with van der Waals surface area (Å²) >= 11 is 0. The second kappa shape index (κ2) is 7.85. The van der Waals surface area contributed by atoms with Crippen molar-refractivity contribution >= 4 is 0 Å². The van der Waals surface area contributed by atoms with Crippen molar-refractivity contribution in [2.75, 3.05) is 27.2 Å². The largest absolute Gasteiger partial charge is 0.305 e. The van der Waals surface area contributed by atoms with Crippen LogP contribution in [0.15, 0.2) is 49.6 Å². The van der Waals surface area contributed by atoms with Crippen LogP contribution in [0.2, 0.25) is 0 Å². The highest BCUT2D eigenvalue weighted by Gasteiger charge is 2.02. The number of hydrogen-bond acceptors (Lipinski definition) is 2. The Balaban J connectivity index is 2.60. The second-order valence-electron chi connectivity index (χ2n) is 4.83. The summed E-state index contributed by atoms with van der Waals surface area (Å²) in [5.74, 6) is 0. The summed E-state index contributed by atoms with van der Waals surface area (Å²) in [7, 11) is 4.17. The first-order chi connectivity index (χ1) is 8.65. The SMILES string of the molecule is C=CCN(CC=C)Cc1ccc(CN(C)C)cc1. The molecule has 0 saturated carbocycles. The molecule has 0 radical (unpaired) electrons. The Morgan fingerprint density at radius 2 is 1.33 bits per heavy atom. The topological polar surface area (TPSA) is 6.48 Å². The lowest BCUT2D eigenvalue weighted by molar-refractivity contribution is 0.327. The van der Waals surface area contributed by atoms with Crippen LogP contribution in [0.1, 0.15) is 11.1 Å². The van der Waals surface area contributed by atoms with E-state index in [1.807, 2.05) is 12.2 Å². The third-order valence-corrected chi connectivity index (χ3v) is 2.70. The molecule has 1 aromatic carbocycles. The molecule has 18 heavy (non-hydrogen) atoms. The van der Waals surface area contributed by atoms with Gasteiger partial charge in [-0.15, -0.1) is 13.2 Å². The van der Waals surface area contributed by atoms with E-state index in [9.17, 15) is 0 Å². The minimum absolute atomic E-state index is 0.894. The minimum Gasteiger partial charge on any atom is -0.305 e. The monoisotopic (exact) mass is 244 g/mol.